The summed E-state index contributed by atoms with van der Waals surface area (Å²) in [6.45, 7) is 6.79. The van der Waals surface area contributed by atoms with Gasteiger partial charge in [-0.1, -0.05) is 12.2 Å². The number of benzene rings is 1. The normalized spacial score (nSPS) is 27.8. The second-order valence-corrected chi connectivity index (χ2v) is 16.4. The van der Waals surface area contributed by atoms with Crippen molar-refractivity contribution in [3.63, 3.8) is 0 Å². The van der Waals surface area contributed by atoms with Crippen molar-refractivity contribution in [2.45, 2.75) is 82.3 Å². The number of pyridine rings is 2. The number of aromatic hydroxyl groups is 1. The molecule has 0 amide bonds. The molecule has 2 saturated heterocycles. The van der Waals surface area contributed by atoms with Crippen LogP contribution in [0.1, 0.15) is 61.6 Å². The molecule has 286 valence electrons. The predicted molar refractivity (Wildman–Crippen MR) is 209 cm³/mol. The molecule has 6 aliphatic heterocycles. The topological polar surface area (TPSA) is 192 Å². The summed E-state index contributed by atoms with van der Waals surface area (Å²) in [6.07, 6.45) is 11.5. The fourth-order valence-electron chi connectivity index (χ4n) is 9.65. The van der Waals surface area contributed by atoms with Crippen LogP contribution >= 0.6 is 0 Å². The molecule has 4 aromatic rings. The SMILES string of the molecule is Cc1cc(=O)c2c(O)c3c(cc2o1)OC(C)(C)C1OC(=O)C2(OC2CCc2cc(N)nc(-c4cc(N)nc(CN5C=C6N=CC=C6C5)c4)c2)C2C=CC(CC2)C31. The molecule has 1 aliphatic carbocycles. The molecule has 2 fully saturated rings. The lowest BCUT2D eigenvalue weighted by Crippen LogP contribution is -2.53. The number of fused-ring (bicyclic) bond motifs is 5. The van der Waals surface area contributed by atoms with Gasteiger partial charge in [-0.2, -0.15) is 0 Å². The predicted octanol–water partition coefficient (Wildman–Crippen LogP) is 5.63. The number of nitrogens with zero attached hydrogens (tertiary/aromatic N) is 4. The summed E-state index contributed by atoms with van der Waals surface area (Å²) >= 11 is 0. The number of nitrogen functional groups attached to an aromatic ring is 2. The van der Waals surface area contributed by atoms with Gasteiger partial charge in [0.05, 0.1) is 29.7 Å². The summed E-state index contributed by atoms with van der Waals surface area (Å²) in [5.41, 5.74) is 16.3. The molecule has 5 N–H and O–H groups in total. The van der Waals surface area contributed by atoms with Gasteiger partial charge in [0.2, 0.25) is 0 Å². The second kappa shape index (κ2) is 12.3. The van der Waals surface area contributed by atoms with Gasteiger partial charge in [0.1, 0.15) is 51.6 Å². The van der Waals surface area contributed by atoms with Gasteiger partial charge in [-0.15, -0.1) is 0 Å². The van der Waals surface area contributed by atoms with E-state index >= 15 is 0 Å². The molecular weight excluding hydrogens is 713 g/mol. The first-order valence-corrected chi connectivity index (χ1v) is 19.2. The smallest absolute Gasteiger partial charge is 0.342 e. The Morgan fingerprint density at radius 1 is 1.02 bits per heavy atom. The van der Waals surface area contributed by atoms with E-state index in [1.165, 1.54) is 11.6 Å². The average Bonchev–Trinajstić information content (AvgIpc) is 3.48. The van der Waals surface area contributed by atoms with Gasteiger partial charge < -0.3 is 40.1 Å². The Balaban J connectivity index is 0.903. The minimum atomic E-state index is -1.16. The van der Waals surface area contributed by atoms with Crippen LogP contribution in [0.15, 0.2) is 86.3 Å². The van der Waals surface area contributed by atoms with Crippen LogP contribution in [0.4, 0.5) is 11.6 Å². The Morgan fingerprint density at radius 2 is 1.86 bits per heavy atom. The van der Waals surface area contributed by atoms with E-state index in [1.54, 1.807) is 19.1 Å². The maximum absolute atomic E-state index is 14.5. The molecule has 2 bridgehead atoms. The van der Waals surface area contributed by atoms with Crippen molar-refractivity contribution >= 4 is 34.8 Å². The molecule has 3 aromatic heterocycles. The Morgan fingerprint density at radius 3 is 2.66 bits per heavy atom. The second-order valence-electron chi connectivity index (χ2n) is 16.4. The number of allylic oxidation sites excluding steroid dienone is 2. The molecule has 0 radical (unpaired) electrons. The summed E-state index contributed by atoms with van der Waals surface area (Å²) in [6, 6.07) is 10.7. The van der Waals surface area contributed by atoms with E-state index in [4.69, 9.17) is 30.1 Å². The monoisotopic (exact) mass is 754 g/mol. The zero-order valence-corrected chi connectivity index (χ0v) is 31.3. The number of hydrogen-bond donors (Lipinski definition) is 3. The Bertz CT molecular complexity index is 2560. The number of nitrogens with two attached hydrogens (primary N) is 2. The van der Waals surface area contributed by atoms with Crippen LogP contribution in [0.3, 0.4) is 0 Å². The third kappa shape index (κ3) is 5.50. The van der Waals surface area contributed by atoms with Gasteiger partial charge in [-0.05, 0) is 88.3 Å². The first kappa shape index (κ1) is 34.5. The average molecular weight is 755 g/mol. The Kier molecular flexibility index (Phi) is 7.57. The number of esters is 1. The van der Waals surface area contributed by atoms with E-state index in [2.05, 4.69) is 32.0 Å². The van der Waals surface area contributed by atoms with Gasteiger partial charge in [-0.25, -0.2) is 14.8 Å². The van der Waals surface area contributed by atoms with Gasteiger partial charge in [-0.3, -0.25) is 9.79 Å². The quantitative estimate of drug-likeness (QED) is 0.125. The highest BCUT2D eigenvalue weighted by atomic mass is 16.7. The van der Waals surface area contributed by atoms with E-state index < -0.39 is 35.3 Å². The number of phenols is 1. The summed E-state index contributed by atoms with van der Waals surface area (Å²) in [7, 11) is 0. The van der Waals surface area contributed by atoms with Crippen LogP contribution < -0.4 is 21.6 Å². The van der Waals surface area contributed by atoms with Crippen molar-refractivity contribution in [1.82, 2.24) is 14.9 Å². The molecule has 6 atom stereocenters. The van der Waals surface area contributed by atoms with Gasteiger partial charge in [0.15, 0.2) is 11.0 Å². The van der Waals surface area contributed by atoms with Crippen molar-refractivity contribution < 1.29 is 28.5 Å². The standard InChI is InChI=1S/C43H42N6O7/c1-21-12-30(50)37-31(53-21)17-32-38(39(37)51)36-23-5-7-26(8-6-23)43(41(52)54-40(36)42(2,3)55-32)33(56-43)9-4-22-13-28(48-34(44)14-22)25-15-27(47-35(45)16-25)19-49-18-24-10-11-46-29(24)20-49/h5,7,10-17,20,23,26,33,36,40,51H,4,6,8-9,18-19H2,1-3H3,(H2,44,48)(H2,45,47). The number of carbonyl (C=O) groups excluding carboxylic acids is 1. The summed E-state index contributed by atoms with van der Waals surface area (Å²) in [4.78, 5) is 43.3. The van der Waals surface area contributed by atoms with Crippen molar-refractivity contribution in [1.29, 1.82) is 0 Å². The number of aryl methyl sites for hydroxylation is 2. The number of ether oxygens (including phenoxy) is 3. The van der Waals surface area contributed by atoms with Gasteiger partial charge in [0, 0.05) is 59.6 Å². The van der Waals surface area contributed by atoms with Crippen LogP contribution in [0, 0.1) is 18.8 Å². The molecule has 7 aliphatic rings. The number of epoxide rings is 1. The fraction of sp³-hybridized carbons (Fsp3) is 0.372. The number of anilines is 2. The number of aromatic nitrogens is 2. The highest BCUT2D eigenvalue weighted by Crippen LogP contribution is 2.58. The largest absolute Gasteiger partial charge is 0.507 e. The molecule has 0 saturated carbocycles. The number of rotatable bonds is 6. The summed E-state index contributed by atoms with van der Waals surface area (Å²) < 4.78 is 25.2. The molecular formula is C43H42N6O7. The van der Waals surface area contributed by atoms with Gasteiger partial charge in [0.25, 0.3) is 0 Å². The fourth-order valence-corrected chi connectivity index (χ4v) is 9.65. The molecule has 1 spiro atoms. The van der Waals surface area contributed by atoms with Crippen LogP contribution in [-0.2, 0) is 27.2 Å². The minimum absolute atomic E-state index is 0.0845. The number of aliphatic imine (C=N–C) groups is 1. The Hall–Kier alpha value is -5.95. The number of carbonyl (C=O) groups is 1. The highest BCUT2D eigenvalue weighted by Gasteiger charge is 2.69. The van der Waals surface area contributed by atoms with Crippen LogP contribution in [0.25, 0.3) is 22.2 Å². The Labute approximate surface area is 322 Å². The van der Waals surface area contributed by atoms with Crippen LogP contribution in [-0.4, -0.2) is 62.1 Å². The van der Waals surface area contributed by atoms with Crippen molar-refractivity contribution in [3.05, 3.63) is 105 Å². The van der Waals surface area contributed by atoms with E-state index in [-0.39, 0.29) is 34.0 Å². The summed E-state index contributed by atoms with van der Waals surface area (Å²) in [5.74, 6) is 0.233. The maximum atomic E-state index is 14.5. The number of hydrogen-bond acceptors (Lipinski definition) is 13. The highest BCUT2D eigenvalue weighted by molar-refractivity contribution is 5.88. The van der Waals surface area contributed by atoms with Gasteiger partial charge >= 0.3 is 5.97 Å². The van der Waals surface area contributed by atoms with Crippen LogP contribution in [0.5, 0.6) is 11.5 Å². The summed E-state index contributed by atoms with van der Waals surface area (Å²) in [5, 5.41) is 11.8. The first-order valence-electron chi connectivity index (χ1n) is 19.2. The molecule has 13 heteroatoms. The van der Waals surface area contributed by atoms with E-state index in [0.29, 0.717) is 60.2 Å². The lowest BCUT2D eigenvalue weighted by atomic mass is 9.69. The molecule has 13 nitrogen and oxygen atoms in total. The molecule has 1 aromatic carbocycles. The maximum Gasteiger partial charge on any atom is 0.342 e. The zero-order chi connectivity index (χ0) is 38.7. The number of phenolic OH excluding ortho intramolecular Hbond substituents is 1. The minimum Gasteiger partial charge on any atom is -0.507 e. The van der Waals surface area contributed by atoms with Crippen molar-refractivity contribution in [2.24, 2.45) is 16.8 Å². The zero-order valence-electron chi connectivity index (χ0n) is 31.3. The third-order valence-electron chi connectivity index (χ3n) is 12.2. The third-order valence-corrected chi connectivity index (χ3v) is 12.2. The first-order chi connectivity index (χ1) is 26.9. The van der Waals surface area contributed by atoms with Crippen LogP contribution in [0.2, 0.25) is 0 Å². The molecule has 56 heavy (non-hydrogen) atoms. The molecule has 6 unspecified atom stereocenters. The lowest BCUT2D eigenvalue weighted by Gasteiger charge is -2.46. The van der Waals surface area contributed by atoms with Crippen molar-refractivity contribution in [2.75, 3.05) is 18.0 Å². The lowest BCUT2D eigenvalue weighted by molar-refractivity contribution is -0.172. The molecule has 11 rings (SSSR count). The van der Waals surface area contributed by atoms with E-state index in [9.17, 15) is 14.7 Å². The molecule has 9 heterocycles. The van der Waals surface area contributed by atoms with Crippen molar-refractivity contribution in [3.8, 4) is 22.8 Å². The van der Waals surface area contributed by atoms with E-state index in [0.717, 1.165) is 35.5 Å². The van der Waals surface area contributed by atoms with E-state index in [1.807, 2.05) is 50.5 Å².